The molecule has 3 aromatic heterocycles. The maximum Gasteiger partial charge on any atom is 0.203 e. The SMILES string of the molecule is C#CCn1c(=N)n(CC(O)c2ccc(Cl)c(Cl)c2)c2ccccc21.N=c1n(Cc2cn(-c3ccccc3)nn2)c2ccccc2n1CC(O)c1ccc(Cl)c(Cl)c1. The zero-order chi connectivity index (χ0) is 40.2. The summed E-state index contributed by atoms with van der Waals surface area (Å²) in [6.45, 7) is 1.09. The highest BCUT2D eigenvalue weighted by Crippen LogP contribution is 2.28. The molecule has 0 fully saturated rings. The molecule has 0 aliphatic rings. The fourth-order valence-electron chi connectivity index (χ4n) is 6.61. The second-order valence-electron chi connectivity index (χ2n) is 13.1. The number of aromatic nitrogens is 7. The van der Waals surface area contributed by atoms with E-state index in [0.717, 1.165) is 33.4 Å². The molecule has 8 aromatic rings. The van der Waals surface area contributed by atoms with Crippen LogP contribution in [0, 0.1) is 23.2 Å². The predicted molar refractivity (Wildman–Crippen MR) is 224 cm³/mol. The van der Waals surface area contributed by atoms with Gasteiger partial charge in [0.05, 0.1) is 92.4 Å². The van der Waals surface area contributed by atoms with Gasteiger partial charge in [0.25, 0.3) is 0 Å². The quantitative estimate of drug-likeness (QED) is 0.103. The number of fused-ring (bicyclic) bond motifs is 2. The number of halogens is 4. The standard InChI is InChI=1S/C24H20Cl2N6O.C18H15Cl2N3O/c25-19-11-10-16(12-20(19)26)23(33)15-31-22-9-5-4-8-21(22)30(24(31)27)13-17-14-32(29-28-17)18-6-2-1-3-7-18;1-2-9-22-15-5-3-4-6-16(15)23(18(22)21)11-17(24)12-7-8-13(19)14(20)10-12/h1-12,14,23,27,33H,13,15H2;1,3-8,10,17,21,24H,9,11H2. The van der Waals surface area contributed by atoms with Crippen molar-refractivity contribution in [1.82, 2.24) is 33.3 Å². The number of hydrogen-bond donors (Lipinski definition) is 4. The average Bonchev–Trinajstić information content (AvgIpc) is 3.88. The Hall–Kier alpha value is -5.58. The number of aliphatic hydroxyl groups excluding tert-OH is 2. The molecular weight excluding hydrogens is 804 g/mol. The summed E-state index contributed by atoms with van der Waals surface area (Å²) in [5.74, 6) is 2.56. The number of nitrogens with one attached hydrogen (secondary N) is 2. The van der Waals surface area contributed by atoms with E-state index in [9.17, 15) is 10.2 Å². The van der Waals surface area contributed by atoms with Crippen LogP contribution in [0.15, 0.2) is 121 Å². The van der Waals surface area contributed by atoms with Crippen molar-refractivity contribution < 1.29 is 10.2 Å². The van der Waals surface area contributed by atoms with Crippen molar-refractivity contribution in [1.29, 1.82) is 10.8 Å². The second kappa shape index (κ2) is 17.3. The van der Waals surface area contributed by atoms with E-state index in [4.69, 9.17) is 63.6 Å². The third-order valence-electron chi connectivity index (χ3n) is 9.45. The third-order valence-corrected chi connectivity index (χ3v) is 10.9. The van der Waals surface area contributed by atoms with E-state index in [1.165, 1.54) is 0 Å². The van der Waals surface area contributed by atoms with Crippen LogP contribution in [0.3, 0.4) is 0 Å². The molecular formula is C42H35Cl4N9O2. The van der Waals surface area contributed by atoms with Gasteiger partial charge in [-0.1, -0.05) is 112 Å². The van der Waals surface area contributed by atoms with E-state index in [2.05, 4.69) is 16.2 Å². The molecule has 288 valence electrons. The number of hydrogen-bond acceptors (Lipinski definition) is 6. The summed E-state index contributed by atoms with van der Waals surface area (Å²) < 4.78 is 8.82. The van der Waals surface area contributed by atoms with Gasteiger partial charge in [0.1, 0.15) is 5.69 Å². The molecule has 0 spiro atoms. The molecule has 0 bridgehead atoms. The molecule has 0 saturated carbocycles. The maximum absolute atomic E-state index is 10.9. The Morgan fingerprint density at radius 3 is 1.54 bits per heavy atom. The second-order valence-corrected chi connectivity index (χ2v) is 14.7. The van der Waals surface area contributed by atoms with Gasteiger partial charge >= 0.3 is 0 Å². The Bertz CT molecular complexity index is 2870. The van der Waals surface area contributed by atoms with Gasteiger partial charge in [-0.3, -0.25) is 15.4 Å². The number of para-hydroxylation sites is 5. The first kappa shape index (κ1) is 39.6. The minimum atomic E-state index is -0.855. The summed E-state index contributed by atoms with van der Waals surface area (Å²) in [5.41, 5.74) is 6.85. The van der Waals surface area contributed by atoms with Crippen molar-refractivity contribution >= 4 is 68.5 Å². The van der Waals surface area contributed by atoms with E-state index in [-0.39, 0.29) is 24.3 Å². The molecule has 0 aliphatic heterocycles. The largest absolute Gasteiger partial charge is 0.387 e. The smallest absolute Gasteiger partial charge is 0.203 e. The van der Waals surface area contributed by atoms with Gasteiger partial charge in [0.2, 0.25) is 11.2 Å². The lowest BCUT2D eigenvalue weighted by atomic mass is 10.1. The van der Waals surface area contributed by atoms with Crippen molar-refractivity contribution in [2.75, 3.05) is 0 Å². The Balaban J connectivity index is 0.000000183. The number of benzene rings is 5. The van der Waals surface area contributed by atoms with Crippen LogP contribution in [0.25, 0.3) is 27.8 Å². The molecule has 0 radical (unpaired) electrons. The molecule has 0 saturated heterocycles. The molecule has 5 aromatic carbocycles. The lowest BCUT2D eigenvalue weighted by Gasteiger charge is -2.13. The summed E-state index contributed by atoms with van der Waals surface area (Å²) in [6, 6.07) is 35.2. The first-order chi connectivity index (χ1) is 27.5. The van der Waals surface area contributed by atoms with Crippen molar-refractivity contribution in [3.8, 4) is 18.0 Å². The average molecular weight is 840 g/mol. The highest BCUT2D eigenvalue weighted by Gasteiger charge is 2.18. The van der Waals surface area contributed by atoms with Crippen molar-refractivity contribution in [3.63, 3.8) is 0 Å². The highest BCUT2D eigenvalue weighted by atomic mass is 35.5. The van der Waals surface area contributed by atoms with Gasteiger partial charge in [0.15, 0.2) is 0 Å². The Labute approximate surface area is 347 Å². The van der Waals surface area contributed by atoms with Crippen LogP contribution in [0.1, 0.15) is 29.0 Å². The normalized spacial score (nSPS) is 12.3. The monoisotopic (exact) mass is 837 g/mol. The molecule has 2 atom stereocenters. The van der Waals surface area contributed by atoms with E-state index in [1.807, 2.05) is 89.6 Å². The summed E-state index contributed by atoms with van der Waals surface area (Å²) in [6.07, 6.45) is 5.60. The Morgan fingerprint density at radius 2 is 1.05 bits per heavy atom. The van der Waals surface area contributed by atoms with Crippen LogP contribution in [0.5, 0.6) is 0 Å². The first-order valence-corrected chi connectivity index (χ1v) is 19.2. The van der Waals surface area contributed by atoms with Crippen LogP contribution in [0.4, 0.5) is 0 Å². The molecule has 11 nitrogen and oxygen atoms in total. The zero-order valence-electron chi connectivity index (χ0n) is 30.1. The molecule has 0 aliphatic carbocycles. The third kappa shape index (κ3) is 8.43. The highest BCUT2D eigenvalue weighted by molar-refractivity contribution is 6.42. The summed E-state index contributed by atoms with van der Waals surface area (Å²) >= 11 is 24.1. The van der Waals surface area contributed by atoms with Crippen molar-refractivity contribution in [3.05, 3.63) is 170 Å². The topological polar surface area (TPSA) is 139 Å². The fraction of sp³-hybridized carbons (Fsp3) is 0.143. The minimum absolute atomic E-state index is 0.195. The van der Waals surface area contributed by atoms with E-state index in [0.29, 0.717) is 44.3 Å². The van der Waals surface area contributed by atoms with Crippen molar-refractivity contribution in [2.24, 2.45) is 0 Å². The zero-order valence-corrected chi connectivity index (χ0v) is 33.2. The fourth-order valence-corrected chi connectivity index (χ4v) is 7.22. The molecule has 3 heterocycles. The van der Waals surface area contributed by atoms with Gasteiger partial charge in [-0.15, -0.1) is 11.5 Å². The van der Waals surface area contributed by atoms with Gasteiger partial charge in [0, 0.05) is 0 Å². The summed E-state index contributed by atoms with van der Waals surface area (Å²) in [4.78, 5) is 0. The van der Waals surface area contributed by atoms with Crippen LogP contribution >= 0.6 is 46.4 Å². The lowest BCUT2D eigenvalue weighted by Crippen LogP contribution is -2.27. The van der Waals surface area contributed by atoms with Crippen molar-refractivity contribution in [2.45, 2.75) is 38.4 Å². The molecule has 15 heteroatoms. The van der Waals surface area contributed by atoms with Crippen LogP contribution in [-0.2, 0) is 26.2 Å². The van der Waals surface area contributed by atoms with E-state index >= 15 is 0 Å². The number of imidazole rings is 2. The molecule has 2 unspecified atom stereocenters. The molecule has 4 N–H and O–H groups in total. The van der Waals surface area contributed by atoms with Gasteiger partial charge in [-0.2, -0.15) is 0 Å². The Morgan fingerprint density at radius 1 is 0.596 bits per heavy atom. The Kier molecular flexibility index (Phi) is 12.0. The molecule has 57 heavy (non-hydrogen) atoms. The van der Waals surface area contributed by atoms with Crippen LogP contribution < -0.4 is 11.2 Å². The number of terminal acetylenes is 1. The predicted octanol–water partition coefficient (Wildman–Crippen LogP) is 8.19. The number of nitrogens with zero attached hydrogens (tertiary/aromatic N) is 7. The van der Waals surface area contributed by atoms with Gasteiger partial charge in [-0.25, -0.2) is 4.68 Å². The van der Waals surface area contributed by atoms with E-state index < -0.39 is 12.2 Å². The van der Waals surface area contributed by atoms with Gasteiger partial charge in [-0.05, 0) is 71.8 Å². The molecule has 8 rings (SSSR count). The van der Waals surface area contributed by atoms with Gasteiger partial charge < -0.3 is 23.9 Å². The number of rotatable bonds is 10. The minimum Gasteiger partial charge on any atom is -0.387 e. The van der Waals surface area contributed by atoms with Crippen LogP contribution in [0.2, 0.25) is 20.1 Å². The summed E-state index contributed by atoms with van der Waals surface area (Å²) in [7, 11) is 0. The van der Waals surface area contributed by atoms with Crippen LogP contribution in [-0.4, -0.2) is 43.5 Å². The summed E-state index contributed by atoms with van der Waals surface area (Å²) in [5, 5.41) is 48.8. The lowest BCUT2D eigenvalue weighted by molar-refractivity contribution is 0.155. The number of aliphatic hydroxyl groups is 2. The molecule has 0 amide bonds. The van der Waals surface area contributed by atoms with E-state index in [1.54, 1.807) is 54.8 Å². The maximum atomic E-state index is 10.9. The first-order valence-electron chi connectivity index (χ1n) is 17.7.